The Morgan fingerprint density at radius 1 is 1.26 bits per heavy atom. The quantitative estimate of drug-likeness (QED) is 0.683. The molecule has 0 aliphatic rings. The summed E-state index contributed by atoms with van der Waals surface area (Å²) >= 11 is 3.65. The van der Waals surface area contributed by atoms with E-state index < -0.39 is 0 Å². The Hall–Kier alpha value is -1.21. The summed E-state index contributed by atoms with van der Waals surface area (Å²) in [6.07, 6.45) is 0. The van der Waals surface area contributed by atoms with Crippen molar-refractivity contribution in [1.29, 1.82) is 0 Å². The first-order chi connectivity index (χ1) is 9.19. The zero-order valence-electron chi connectivity index (χ0n) is 11.2. The Labute approximate surface area is 123 Å². The molecule has 0 bridgehead atoms. The molecule has 98 valence electrons. The first kappa shape index (κ1) is 14.2. The molecule has 0 saturated heterocycles. The van der Waals surface area contributed by atoms with Gasteiger partial charge in [-0.15, -0.1) is 23.1 Å². The van der Waals surface area contributed by atoms with E-state index in [0.717, 1.165) is 11.3 Å². The molecule has 0 fully saturated rings. The molecule has 0 aliphatic carbocycles. The van der Waals surface area contributed by atoms with Gasteiger partial charge in [-0.2, -0.15) is 0 Å². The standard InChI is InChI=1S/C16H17NS2/c1-12-5-6-16(13(2)8-12)19-11-15-9-14(10-18-15)4-3-7-17/h5-6,8-10H,7,11,17H2,1-2H3. The predicted molar refractivity (Wildman–Crippen MR) is 85.7 cm³/mol. The summed E-state index contributed by atoms with van der Waals surface area (Å²) in [7, 11) is 0. The van der Waals surface area contributed by atoms with Crippen molar-refractivity contribution in [3.63, 3.8) is 0 Å². The molecule has 3 heteroatoms. The fraction of sp³-hybridized carbons (Fsp3) is 0.250. The molecule has 0 amide bonds. The molecule has 2 aromatic rings. The highest BCUT2D eigenvalue weighted by Crippen LogP contribution is 2.28. The zero-order valence-corrected chi connectivity index (χ0v) is 12.8. The van der Waals surface area contributed by atoms with Gasteiger partial charge in [0.15, 0.2) is 0 Å². The van der Waals surface area contributed by atoms with Crippen LogP contribution >= 0.6 is 23.1 Å². The average Bonchev–Trinajstić information content (AvgIpc) is 2.83. The fourth-order valence-corrected chi connectivity index (χ4v) is 3.67. The SMILES string of the molecule is Cc1ccc(SCc2cc(C#CCN)cs2)c(C)c1. The summed E-state index contributed by atoms with van der Waals surface area (Å²) in [5, 5.41) is 2.10. The van der Waals surface area contributed by atoms with Gasteiger partial charge < -0.3 is 5.73 Å². The highest BCUT2D eigenvalue weighted by Gasteiger charge is 2.02. The van der Waals surface area contributed by atoms with Crippen molar-refractivity contribution in [2.75, 3.05) is 6.54 Å². The fourth-order valence-electron chi connectivity index (χ4n) is 1.79. The Morgan fingerprint density at radius 2 is 2.11 bits per heavy atom. The van der Waals surface area contributed by atoms with E-state index in [1.165, 1.54) is 20.9 Å². The van der Waals surface area contributed by atoms with Crippen molar-refractivity contribution in [3.05, 3.63) is 51.2 Å². The van der Waals surface area contributed by atoms with Crippen molar-refractivity contribution in [2.24, 2.45) is 5.73 Å². The summed E-state index contributed by atoms with van der Waals surface area (Å²) in [5.41, 5.74) is 9.12. The number of thioether (sulfide) groups is 1. The van der Waals surface area contributed by atoms with Crippen LogP contribution in [-0.2, 0) is 5.75 Å². The Kier molecular flexibility index (Phi) is 5.09. The number of thiophene rings is 1. The van der Waals surface area contributed by atoms with Gasteiger partial charge in [0.25, 0.3) is 0 Å². The maximum absolute atomic E-state index is 5.37. The highest BCUT2D eigenvalue weighted by molar-refractivity contribution is 7.98. The van der Waals surface area contributed by atoms with Gasteiger partial charge in [0.05, 0.1) is 6.54 Å². The molecule has 1 nitrogen and oxygen atoms in total. The number of hydrogen-bond acceptors (Lipinski definition) is 3. The predicted octanol–water partition coefficient (Wildman–Crippen LogP) is 3.97. The molecule has 0 spiro atoms. The van der Waals surface area contributed by atoms with Gasteiger partial charge in [-0.25, -0.2) is 0 Å². The van der Waals surface area contributed by atoms with Gasteiger partial charge in [-0.3, -0.25) is 0 Å². The van der Waals surface area contributed by atoms with Crippen LogP contribution in [0, 0.1) is 25.7 Å². The maximum Gasteiger partial charge on any atom is 0.0555 e. The van der Waals surface area contributed by atoms with E-state index in [1.54, 1.807) is 11.3 Å². The number of nitrogens with two attached hydrogens (primary N) is 1. The van der Waals surface area contributed by atoms with Crippen LogP contribution in [0.5, 0.6) is 0 Å². The van der Waals surface area contributed by atoms with Crippen LogP contribution in [-0.4, -0.2) is 6.54 Å². The van der Waals surface area contributed by atoms with E-state index in [0.29, 0.717) is 6.54 Å². The zero-order chi connectivity index (χ0) is 13.7. The van der Waals surface area contributed by atoms with Gasteiger partial charge in [-0.1, -0.05) is 29.5 Å². The molecule has 1 aromatic heterocycles. The third-order valence-corrected chi connectivity index (χ3v) is 5.03. The summed E-state index contributed by atoms with van der Waals surface area (Å²) in [6.45, 7) is 4.72. The topological polar surface area (TPSA) is 26.0 Å². The van der Waals surface area contributed by atoms with Crippen LogP contribution in [0.2, 0.25) is 0 Å². The molecule has 19 heavy (non-hydrogen) atoms. The van der Waals surface area contributed by atoms with Gasteiger partial charge >= 0.3 is 0 Å². The monoisotopic (exact) mass is 287 g/mol. The molecular weight excluding hydrogens is 270 g/mol. The van der Waals surface area contributed by atoms with Crippen molar-refractivity contribution in [3.8, 4) is 11.8 Å². The Bertz CT molecular complexity index is 617. The third-order valence-electron chi connectivity index (χ3n) is 2.69. The van der Waals surface area contributed by atoms with Crippen LogP contribution in [0.25, 0.3) is 0 Å². The van der Waals surface area contributed by atoms with Crippen molar-refractivity contribution in [2.45, 2.75) is 24.5 Å². The minimum absolute atomic E-state index is 0.419. The van der Waals surface area contributed by atoms with Gasteiger partial charge in [0.2, 0.25) is 0 Å². The second kappa shape index (κ2) is 6.81. The molecule has 2 rings (SSSR count). The summed E-state index contributed by atoms with van der Waals surface area (Å²) < 4.78 is 0. The first-order valence-electron chi connectivity index (χ1n) is 6.15. The number of hydrogen-bond donors (Lipinski definition) is 1. The second-order valence-corrected chi connectivity index (χ2v) is 6.38. The van der Waals surface area contributed by atoms with E-state index >= 15 is 0 Å². The lowest BCUT2D eigenvalue weighted by molar-refractivity contribution is 1.26. The number of aryl methyl sites for hydroxylation is 2. The van der Waals surface area contributed by atoms with Crippen LogP contribution in [0.15, 0.2) is 34.5 Å². The third kappa shape index (κ3) is 4.14. The van der Waals surface area contributed by atoms with E-state index in [4.69, 9.17) is 5.73 Å². The molecule has 0 saturated carbocycles. The molecular formula is C16H17NS2. The Morgan fingerprint density at radius 3 is 2.84 bits per heavy atom. The molecule has 0 aliphatic heterocycles. The molecule has 1 aromatic carbocycles. The number of benzene rings is 1. The largest absolute Gasteiger partial charge is 0.320 e. The lowest BCUT2D eigenvalue weighted by atomic mass is 10.2. The van der Waals surface area contributed by atoms with Crippen LogP contribution in [0.1, 0.15) is 21.6 Å². The smallest absolute Gasteiger partial charge is 0.0555 e. The lowest BCUT2D eigenvalue weighted by Gasteiger charge is -2.05. The summed E-state index contributed by atoms with van der Waals surface area (Å²) in [4.78, 5) is 2.71. The number of rotatable bonds is 3. The van der Waals surface area contributed by atoms with Crippen molar-refractivity contribution < 1.29 is 0 Å². The average molecular weight is 287 g/mol. The van der Waals surface area contributed by atoms with E-state index in [-0.39, 0.29) is 0 Å². The van der Waals surface area contributed by atoms with Crippen LogP contribution in [0.3, 0.4) is 0 Å². The second-order valence-electron chi connectivity index (χ2n) is 4.37. The lowest BCUT2D eigenvalue weighted by Crippen LogP contribution is -1.92. The van der Waals surface area contributed by atoms with E-state index in [9.17, 15) is 0 Å². The van der Waals surface area contributed by atoms with Crippen LogP contribution in [0.4, 0.5) is 0 Å². The highest BCUT2D eigenvalue weighted by atomic mass is 32.2. The Balaban J connectivity index is 2.00. The first-order valence-corrected chi connectivity index (χ1v) is 8.02. The molecule has 0 unspecified atom stereocenters. The van der Waals surface area contributed by atoms with Crippen LogP contribution < -0.4 is 5.73 Å². The van der Waals surface area contributed by atoms with Gasteiger partial charge in [-0.05, 0) is 31.5 Å². The maximum atomic E-state index is 5.37. The van der Waals surface area contributed by atoms with E-state index in [1.807, 2.05) is 11.8 Å². The van der Waals surface area contributed by atoms with E-state index in [2.05, 4.69) is 55.3 Å². The van der Waals surface area contributed by atoms with Gasteiger partial charge in [0.1, 0.15) is 0 Å². The van der Waals surface area contributed by atoms with Crippen molar-refractivity contribution in [1.82, 2.24) is 0 Å². The minimum Gasteiger partial charge on any atom is -0.320 e. The van der Waals surface area contributed by atoms with Crippen molar-refractivity contribution >= 4 is 23.1 Å². The summed E-state index contributed by atoms with van der Waals surface area (Å²) in [5.74, 6) is 6.95. The molecule has 1 heterocycles. The molecule has 2 N–H and O–H groups in total. The molecule has 0 radical (unpaired) electrons. The minimum atomic E-state index is 0.419. The van der Waals surface area contributed by atoms with Gasteiger partial charge in [0, 0.05) is 26.5 Å². The normalized spacial score (nSPS) is 10.1. The molecule has 0 atom stereocenters. The summed E-state index contributed by atoms with van der Waals surface area (Å²) in [6, 6.07) is 8.76.